The second-order valence-corrected chi connectivity index (χ2v) is 6.70. The highest BCUT2D eigenvalue weighted by Gasteiger charge is 2.19. The first kappa shape index (κ1) is 14.9. The molecule has 1 aromatic carbocycles. The van der Waals surface area contributed by atoms with Crippen LogP contribution >= 0.6 is 27.5 Å². The molecule has 0 radical (unpaired) electrons. The maximum Gasteiger partial charge on any atom is 0.253 e. The van der Waals surface area contributed by atoms with Gasteiger partial charge in [0.15, 0.2) is 0 Å². The molecule has 0 atom stereocenters. The number of carbonyl (C=O) groups excluding carboxylic acids is 1. The van der Waals surface area contributed by atoms with Gasteiger partial charge in [-0.2, -0.15) is 0 Å². The van der Waals surface area contributed by atoms with Crippen LogP contribution in [0.25, 0.3) is 0 Å². The summed E-state index contributed by atoms with van der Waals surface area (Å²) < 4.78 is 0.842. The van der Waals surface area contributed by atoms with Crippen LogP contribution in [0.4, 0.5) is 0 Å². The van der Waals surface area contributed by atoms with Gasteiger partial charge in [0.25, 0.3) is 5.91 Å². The summed E-state index contributed by atoms with van der Waals surface area (Å²) in [5.74, 6) is 0.707. The van der Waals surface area contributed by atoms with Gasteiger partial charge in [-0.05, 0) is 37.0 Å². The summed E-state index contributed by atoms with van der Waals surface area (Å²) in [6.45, 7) is 0.850. The van der Waals surface area contributed by atoms with Crippen LogP contribution in [-0.4, -0.2) is 24.4 Å². The van der Waals surface area contributed by atoms with Crippen LogP contribution < -0.4 is 0 Å². The van der Waals surface area contributed by atoms with E-state index < -0.39 is 0 Å². The summed E-state index contributed by atoms with van der Waals surface area (Å²) in [4.78, 5) is 14.2. The fraction of sp³-hybridized carbons (Fsp3) is 0.533. The Morgan fingerprint density at radius 2 is 2.00 bits per heavy atom. The number of hydrogen-bond acceptors (Lipinski definition) is 1. The Morgan fingerprint density at radius 3 is 2.63 bits per heavy atom. The van der Waals surface area contributed by atoms with Gasteiger partial charge < -0.3 is 4.90 Å². The Hall–Kier alpha value is -0.540. The highest BCUT2D eigenvalue weighted by molar-refractivity contribution is 9.10. The molecule has 0 spiro atoms. The number of nitrogens with zero attached hydrogens (tertiary/aromatic N) is 1. The standard InChI is InChI=1S/C15H19BrClNO/c1-18(10-11-5-3-2-4-6-11)15(19)12-7-13(16)9-14(17)8-12/h7-9,11H,2-6,10H2,1H3. The lowest BCUT2D eigenvalue weighted by atomic mass is 9.89. The topological polar surface area (TPSA) is 20.3 Å². The second-order valence-electron chi connectivity index (χ2n) is 5.35. The maximum atomic E-state index is 12.4. The number of carbonyl (C=O) groups is 1. The summed E-state index contributed by atoms with van der Waals surface area (Å²) in [5, 5.41) is 0.587. The minimum atomic E-state index is 0.0498. The predicted molar refractivity (Wildman–Crippen MR) is 82.7 cm³/mol. The van der Waals surface area contributed by atoms with E-state index in [2.05, 4.69) is 15.9 Å². The lowest BCUT2D eigenvalue weighted by Gasteiger charge is -2.27. The van der Waals surface area contributed by atoms with E-state index in [9.17, 15) is 4.79 Å². The van der Waals surface area contributed by atoms with Gasteiger partial charge >= 0.3 is 0 Å². The lowest BCUT2D eigenvalue weighted by Crippen LogP contribution is -2.32. The van der Waals surface area contributed by atoms with E-state index in [1.54, 1.807) is 12.1 Å². The third-order valence-electron chi connectivity index (χ3n) is 3.71. The van der Waals surface area contributed by atoms with Crippen LogP contribution in [-0.2, 0) is 0 Å². The third-order valence-corrected chi connectivity index (χ3v) is 4.39. The quantitative estimate of drug-likeness (QED) is 0.774. The molecule has 104 valence electrons. The normalized spacial score (nSPS) is 16.4. The molecule has 2 rings (SSSR count). The van der Waals surface area contributed by atoms with Gasteiger partial charge in [0, 0.05) is 28.7 Å². The summed E-state index contributed by atoms with van der Waals surface area (Å²) >= 11 is 9.36. The number of rotatable bonds is 3. The summed E-state index contributed by atoms with van der Waals surface area (Å²) in [6, 6.07) is 5.34. The molecule has 1 aliphatic carbocycles. The van der Waals surface area contributed by atoms with E-state index in [-0.39, 0.29) is 5.91 Å². The van der Waals surface area contributed by atoms with Gasteiger partial charge in [0.2, 0.25) is 0 Å². The van der Waals surface area contributed by atoms with E-state index in [1.807, 2.05) is 18.0 Å². The first-order valence-corrected chi connectivity index (χ1v) is 7.95. The van der Waals surface area contributed by atoms with Crippen molar-refractivity contribution in [3.63, 3.8) is 0 Å². The third kappa shape index (κ3) is 4.22. The summed E-state index contributed by atoms with van der Waals surface area (Å²) in [6.07, 6.45) is 6.44. The molecule has 2 nitrogen and oxygen atoms in total. The zero-order valence-electron chi connectivity index (χ0n) is 11.2. The summed E-state index contributed by atoms with van der Waals surface area (Å²) in [5.41, 5.74) is 0.651. The Bertz CT molecular complexity index is 437. The molecule has 1 saturated carbocycles. The van der Waals surface area contributed by atoms with Crippen LogP contribution in [0.3, 0.4) is 0 Å². The first-order valence-electron chi connectivity index (χ1n) is 6.78. The molecule has 0 heterocycles. The number of halogens is 2. The SMILES string of the molecule is CN(CC1CCCCC1)C(=O)c1cc(Cl)cc(Br)c1. The van der Waals surface area contributed by atoms with Crippen molar-refractivity contribution in [3.8, 4) is 0 Å². The molecular formula is C15H19BrClNO. The fourth-order valence-electron chi connectivity index (χ4n) is 2.74. The van der Waals surface area contributed by atoms with Crippen molar-refractivity contribution >= 4 is 33.4 Å². The molecule has 0 N–H and O–H groups in total. The van der Waals surface area contributed by atoms with E-state index >= 15 is 0 Å². The number of benzene rings is 1. The molecule has 0 aromatic heterocycles. The van der Waals surface area contributed by atoms with Crippen LogP contribution in [0.1, 0.15) is 42.5 Å². The van der Waals surface area contributed by atoms with Crippen molar-refractivity contribution in [3.05, 3.63) is 33.3 Å². The molecule has 4 heteroatoms. The fourth-order valence-corrected chi connectivity index (χ4v) is 3.60. The molecule has 1 aromatic rings. The van der Waals surface area contributed by atoms with Crippen LogP contribution in [0, 0.1) is 5.92 Å². The van der Waals surface area contributed by atoms with Crippen molar-refractivity contribution in [1.29, 1.82) is 0 Å². The minimum absolute atomic E-state index is 0.0498. The highest BCUT2D eigenvalue weighted by Crippen LogP contribution is 2.25. The van der Waals surface area contributed by atoms with E-state index in [0.29, 0.717) is 16.5 Å². The van der Waals surface area contributed by atoms with E-state index in [1.165, 1.54) is 32.1 Å². The Kier molecular flexibility index (Phi) is 5.28. The van der Waals surface area contributed by atoms with Crippen LogP contribution in [0.5, 0.6) is 0 Å². The van der Waals surface area contributed by atoms with Crippen LogP contribution in [0.2, 0.25) is 5.02 Å². The van der Waals surface area contributed by atoms with Crippen LogP contribution in [0.15, 0.2) is 22.7 Å². The van der Waals surface area contributed by atoms with Crippen molar-refractivity contribution in [2.45, 2.75) is 32.1 Å². The number of hydrogen-bond donors (Lipinski definition) is 0. The molecule has 0 aliphatic heterocycles. The van der Waals surface area contributed by atoms with Gasteiger partial charge in [-0.1, -0.05) is 46.8 Å². The molecular weight excluding hydrogens is 326 g/mol. The zero-order chi connectivity index (χ0) is 13.8. The molecule has 1 fully saturated rings. The van der Waals surface area contributed by atoms with Crippen molar-refractivity contribution in [1.82, 2.24) is 4.90 Å². The van der Waals surface area contributed by atoms with E-state index in [0.717, 1.165) is 11.0 Å². The molecule has 0 unspecified atom stereocenters. The van der Waals surface area contributed by atoms with Gasteiger partial charge in [-0.15, -0.1) is 0 Å². The Morgan fingerprint density at radius 1 is 1.32 bits per heavy atom. The largest absolute Gasteiger partial charge is 0.341 e. The molecule has 1 amide bonds. The van der Waals surface area contributed by atoms with Gasteiger partial charge in [0.1, 0.15) is 0 Å². The number of amides is 1. The van der Waals surface area contributed by atoms with Crippen molar-refractivity contribution < 1.29 is 4.79 Å². The average Bonchev–Trinajstić information content (AvgIpc) is 2.37. The lowest BCUT2D eigenvalue weighted by molar-refractivity contribution is 0.0760. The monoisotopic (exact) mass is 343 g/mol. The molecule has 0 saturated heterocycles. The second kappa shape index (κ2) is 6.76. The Balaban J connectivity index is 2.01. The molecule has 19 heavy (non-hydrogen) atoms. The minimum Gasteiger partial charge on any atom is -0.341 e. The maximum absolute atomic E-state index is 12.4. The van der Waals surface area contributed by atoms with Gasteiger partial charge in [0.05, 0.1) is 0 Å². The average molecular weight is 345 g/mol. The first-order chi connectivity index (χ1) is 9.06. The highest BCUT2D eigenvalue weighted by atomic mass is 79.9. The van der Waals surface area contributed by atoms with Crippen molar-refractivity contribution in [2.75, 3.05) is 13.6 Å². The molecule has 1 aliphatic rings. The van der Waals surface area contributed by atoms with Crippen molar-refractivity contribution in [2.24, 2.45) is 5.92 Å². The molecule has 0 bridgehead atoms. The van der Waals surface area contributed by atoms with E-state index in [4.69, 9.17) is 11.6 Å². The zero-order valence-corrected chi connectivity index (χ0v) is 13.5. The van der Waals surface area contributed by atoms with Gasteiger partial charge in [-0.25, -0.2) is 0 Å². The smallest absolute Gasteiger partial charge is 0.253 e. The predicted octanol–water partition coefficient (Wildman–Crippen LogP) is 4.75. The Labute approximate surface area is 128 Å². The van der Waals surface area contributed by atoms with Gasteiger partial charge in [-0.3, -0.25) is 4.79 Å². The summed E-state index contributed by atoms with van der Waals surface area (Å²) in [7, 11) is 1.88.